The smallest absolute Gasteiger partial charge is 0.349 e. The van der Waals surface area contributed by atoms with Crippen molar-refractivity contribution in [3.05, 3.63) is 12.4 Å². The molecule has 0 spiro atoms. The van der Waals surface area contributed by atoms with Crippen molar-refractivity contribution >= 4 is 11.8 Å². The second-order valence-corrected chi connectivity index (χ2v) is 6.85. The third-order valence-corrected chi connectivity index (χ3v) is 4.95. The zero-order valence-electron chi connectivity index (χ0n) is 13.7. The largest absolute Gasteiger partial charge is 0.387 e. The molecule has 1 atom stereocenters. The molecule has 1 unspecified atom stereocenters. The summed E-state index contributed by atoms with van der Waals surface area (Å²) in [5.74, 6) is -5.42. The second kappa shape index (κ2) is 6.66. The van der Waals surface area contributed by atoms with Crippen LogP contribution in [0.15, 0.2) is 12.4 Å². The highest BCUT2D eigenvalue weighted by molar-refractivity contribution is 5.84. The lowest BCUT2D eigenvalue weighted by molar-refractivity contribution is -0.162. The van der Waals surface area contributed by atoms with Gasteiger partial charge in [0.1, 0.15) is 6.10 Å². The van der Waals surface area contributed by atoms with Gasteiger partial charge in [0.25, 0.3) is 5.91 Å². The van der Waals surface area contributed by atoms with Crippen LogP contribution in [0.1, 0.15) is 38.6 Å². The topological polar surface area (TPSA) is 109 Å². The van der Waals surface area contributed by atoms with Gasteiger partial charge in [-0.3, -0.25) is 9.59 Å². The van der Waals surface area contributed by atoms with Gasteiger partial charge in [0.15, 0.2) is 0 Å². The highest BCUT2D eigenvalue weighted by Crippen LogP contribution is 2.37. The maximum Gasteiger partial charge on any atom is 0.349 e. The lowest BCUT2D eigenvalue weighted by Crippen LogP contribution is -2.58. The van der Waals surface area contributed by atoms with Crippen LogP contribution >= 0.6 is 0 Å². The van der Waals surface area contributed by atoms with Crippen molar-refractivity contribution < 1.29 is 23.5 Å². The van der Waals surface area contributed by atoms with Crippen LogP contribution in [0.4, 0.5) is 8.78 Å². The Morgan fingerprint density at radius 2 is 1.88 bits per heavy atom. The summed E-state index contributed by atoms with van der Waals surface area (Å²) >= 11 is 0. The van der Waals surface area contributed by atoms with Crippen molar-refractivity contribution in [1.29, 1.82) is 0 Å². The average Bonchev–Trinajstić information content (AvgIpc) is 2.96. The molecule has 25 heavy (non-hydrogen) atoms. The Kier molecular flexibility index (Phi) is 4.72. The Hall–Kier alpha value is -2.10. The molecule has 0 aliphatic heterocycles. The fourth-order valence-corrected chi connectivity index (χ4v) is 3.07. The molecule has 10 heteroatoms. The van der Waals surface area contributed by atoms with Crippen LogP contribution in [-0.4, -0.2) is 56.0 Å². The first-order valence-corrected chi connectivity index (χ1v) is 8.30. The number of carbonyl (C=O) groups is 2. The van der Waals surface area contributed by atoms with Crippen molar-refractivity contribution in [2.75, 3.05) is 0 Å². The van der Waals surface area contributed by atoms with Crippen LogP contribution in [-0.2, 0) is 9.59 Å². The monoisotopic (exact) mass is 357 g/mol. The van der Waals surface area contributed by atoms with Crippen LogP contribution in [0.25, 0.3) is 0 Å². The molecule has 0 aromatic carbocycles. The number of nitrogens with one attached hydrogen (secondary N) is 2. The molecule has 2 aliphatic carbocycles. The summed E-state index contributed by atoms with van der Waals surface area (Å²) < 4.78 is 28.4. The molecule has 0 saturated heterocycles. The number of aromatic nitrogens is 3. The van der Waals surface area contributed by atoms with Crippen molar-refractivity contribution in [3.8, 4) is 0 Å². The Bertz CT molecular complexity index is 625. The number of nitrogens with zero attached hydrogens (tertiary/aromatic N) is 3. The minimum atomic E-state index is -3.81. The number of aliphatic hydroxyl groups is 1. The summed E-state index contributed by atoms with van der Waals surface area (Å²) in [4.78, 5) is 23.6. The van der Waals surface area contributed by atoms with Crippen LogP contribution in [0.2, 0.25) is 0 Å². The van der Waals surface area contributed by atoms with E-state index in [1.54, 1.807) is 17.1 Å². The van der Waals surface area contributed by atoms with Crippen LogP contribution in [0.5, 0.6) is 0 Å². The predicted molar refractivity (Wildman–Crippen MR) is 81.5 cm³/mol. The lowest BCUT2D eigenvalue weighted by atomic mass is 9.78. The zero-order chi connectivity index (χ0) is 18.2. The van der Waals surface area contributed by atoms with E-state index in [2.05, 4.69) is 20.9 Å². The van der Waals surface area contributed by atoms with Gasteiger partial charge >= 0.3 is 5.92 Å². The van der Waals surface area contributed by atoms with Crippen molar-refractivity contribution in [2.24, 2.45) is 5.92 Å². The fraction of sp³-hybridized carbons (Fsp3) is 0.733. The number of aliphatic hydroxyl groups excluding tert-OH is 1. The van der Waals surface area contributed by atoms with Gasteiger partial charge in [-0.2, -0.15) is 8.78 Å². The normalized spacial score (nSPS) is 29.9. The molecule has 2 fully saturated rings. The molecule has 0 radical (unpaired) electrons. The molecule has 2 aliphatic rings. The van der Waals surface area contributed by atoms with Gasteiger partial charge in [-0.1, -0.05) is 5.21 Å². The Labute approximate surface area is 143 Å². The third kappa shape index (κ3) is 3.63. The van der Waals surface area contributed by atoms with E-state index in [0.29, 0.717) is 25.7 Å². The molecule has 2 saturated carbocycles. The van der Waals surface area contributed by atoms with Gasteiger partial charge < -0.3 is 15.7 Å². The molecule has 138 valence electrons. The van der Waals surface area contributed by atoms with Gasteiger partial charge in [-0.15, -0.1) is 5.10 Å². The first kappa shape index (κ1) is 17.7. The van der Waals surface area contributed by atoms with Crippen molar-refractivity contribution in [2.45, 2.75) is 62.8 Å². The minimum absolute atomic E-state index is 0.0551. The van der Waals surface area contributed by atoms with E-state index >= 15 is 0 Å². The summed E-state index contributed by atoms with van der Waals surface area (Å²) in [6.07, 6.45) is 3.53. The zero-order valence-corrected chi connectivity index (χ0v) is 13.7. The number of carbonyl (C=O) groups excluding carboxylic acids is 2. The number of hydrogen-bond donors (Lipinski definition) is 3. The molecule has 8 nitrogen and oxygen atoms in total. The fourth-order valence-electron chi connectivity index (χ4n) is 3.07. The predicted octanol–water partition coefficient (Wildman–Crippen LogP) is 0.00870. The SMILES string of the molecule is CC(O)C(F)(F)C(=O)NC1CC(NC(=O)C2CC(n3ccnn3)C2)C1. The maximum atomic E-state index is 13.3. The summed E-state index contributed by atoms with van der Waals surface area (Å²) in [6.45, 7) is 0.870. The Morgan fingerprint density at radius 3 is 2.44 bits per heavy atom. The first-order valence-electron chi connectivity index (χ1n) is 8.30. The second-order valence-electron chi connectivity index (χ2n) is 6.85. The summed E-state index contributed by atoms with van der Waals surface area (Å²) in [5.41, 5.74) is 0. The molecule has 3 N–H and O–H groups in total. The Morgan fingerprint density at radius 1 is 1.24 bits per heavy atom. The van der Waals surface area contributed by atoms with E-state index in [1.807, 2.05) is 0 Å². The minimum Gasteiger partial charge on any atom is -0.387 e. The quantitative estimate of drug-likeness (QED) is 0.664. The maximum absolute atomic E-state index is 13.3. The molecular weight excluding hydrogens is 336 g/mol. The van der Waals surface area contributed by atoms with Crippen LogP contribution in [0.3, 0.4) is 0 Å². The first-order chi connectivity index (χ1) is 11.8. The molecule has 1 aromatic rings. The number of amides is 2. The van der Waals surface area contributed by atoms with Crippen LogP contribution < -0.4 is 10.6 Å². The standard InChI is InChI=1S/C15H21F2N5O3/c1-8(23)15(16,17)14(25)20-11-6-10(7-11)19-13(24)9-4-12(5-9)22-3-2-18-21-22/h2-3,8-12,23H,4-7H2,1H3,(H,19,24)(H,20,25). The molecule has 2 amide bonds. The lowest BCUT2D eigenvalue weighted by Gasteiger charge is -2.40. The van der Waals surface area contributed by atoms with Gasteiger partial charge in [0.2, 0.25) is 5.91 Å². The average molecular weight is 357 g/mol. The van der Waals surface area contributed by atoms with E-state index in [4.69, 9.17) is 5.11 Å². The summed E-state index contributed by atoms with van der Waals surface area (Å²) in [5, 5.41) is 21.7. The van der Waals surface area contributed by atoms with Gasteiger partial charge in [0, 0.05) is 24.2 Å². The number of halogens is 2. The van der Waals surface area contributed by atoms with Gasteiger partial charge in [-0.05, 0) is 32.6 Å². The van der Waals surface area contributed by atoms with Gasteiger partial charge in [0.05, 0.1) is 12.2 Å². The van der Waals surface area contributed by atoms with E-state index in [9.17, 15) is 18.4 Å². The molecule has 0 bridgehead atoms. The number of rotatable bonds is 6. The van der Waals surface area contributed by atoms with E-state index in [0.717, 1.165) is 6.92 Å². The summed E-state index contributed by atoms with van der Waals surface area (Å²) in [6, 6.07) is -0.343. The highest BCUT2D eigenvalue weighted by atomic mass is 19.3. The van der Waals surface area contributed by atoms with E-state index in [-0.39, 0.29) is 23.9 Å². The third-order valence-electron chi connectivity index (χ3n) is 4.95. The Balaban J connectivity index is 1.35. The van der Waals surface area contributed by atoms with E-state index in [1.165, 1.54) is 0 Å². The van der Waals surface area contributed by atoms with Crippen molar-refractivity contribution in [1.82, 2.24) is 25.6 Å². The van der Waals surface area contributed by atoms with E-state index < -0.39 is 24.0 Å². The van der Waals surface area contributed by atoms with Gasteiger partial charge in [-0.25, -0.2) is 4.68 Å². The summed E-state index contributed by atoms with van der Waals surface area (Å²) in [7, 11) is 0. The molecule has 3 rings (SSSR count). The number of alkyl halides is 2. The highest BCUT2D eigenvalue weighted by Gasteiger charge is 2.46. The molecule has 1 heterocycles. The molecular formula is C15H21F2N5O3. The molecule has 1 aromatic heterocycles. The van der Waals surface area contributed by atoms with Crippen molar-refractivity contribution in [3.63, 3.8) is 0 Å². The van der Waals surface area contributed by atoms with Crippen LogP contribution in [0, 0.1) is 5.92 Å². The number of hydrogen-bond acceptors (Lipinski definition) is 5.